The molecule has 2 aromatic carbocycles. The van der Waals surface area contributed by atoms with Crippen molar-refractivity contribution < 1.29 is 9.47 Å². The van der Waals surface area contributed by atoms with E-state index in [4.69, 9.17) is 20.2 Å². The lowest BCUT2D eigenvalue weighted by Gasteiger charge is -2.11. The quantitative estimate of drug-likeness (QED) is 0.572. The molecular weight excluding hydrogens is 352 g/mol. The van der Waals surface area contributed by atoms with Gasteiger partial charge in [0.2, 0.25) is 5.95 Å². The van der Waals surface area contributed by atoms with E-state index in [2.05, 4.69) is 9.97 Å². The minimum absolute atomic E-state index is 0.233. The molecule has 138 valence electrons. The number of aromatic nitrogens is 3. The van der Waals surface area contributed by atoms with E-state index >= 15 is 0 Å². The van der Waals surface area contributed by atoms with Gasteiger partial charge in [-0.25, -0.2) is 15.0 Å². The Bertz CT molecular complexity index is 1160. The molecule has 6 heteroatoms. The molecule has 2 aromatic heterocycles. The van der Waals surface area contributed by atoms with Crippen LogP contribution >= 0.6 is 0 Å². The Morgan fingerprint density at radius 2 is 1.57 bits per heavy atom. The second kappa shape index (κ2) is 6.81. The van der Waals surface area contributed by atoms with E-state index in [0.717, 1.165) is 40.4 Å². The van der Waals surface area contributed by atoms with Crippen LogP contribution in [0.1, 0.15) is 6.42 Å². The summed E-state index contributed by atoms with van der Waals surface area (Å²) >= 11 is 0. The van der Waals surface area contributed by atoms with Crippen LogP contribution in [0.5, 0.6) is 11.5 Å². The summed E-state index contributed by atoms with van der Waals surface area (Å²) in [5, 5.41) is 0. The fourth-order valence-corrected chi connectivity index (χ4v) is 3.31. The minimum atomic E-state index is 0.233. The fourth-order valence-electron chi connectivity index (χ4n) is 3.31. The maximum atomic E-state index is 5.92. The molecule has 0 radical (unpaired) electrons. The fraction of sp³-hybridized carbons (Fsp3) is 0.136. The lowest BCUT2D eigenvalue weighted by molar-refractivity contribution is 0.297. The first-order valence-electron chi connectivity index (χ1n) is 9.18. The zero-order valence-electron chi connectivity index (χ0n) is 15.1. The second-order valence-corrected chi connectivity index (χ2v) is 6.57. The summed E-state index contributed by atoms with van der Waals surface area (Å²) in [7, 11) is 0. The first-order chi connectivity index (χ1) is 13.8. The molecule has 0 bridgehead atoms. The molecule has 3 heterocycles. The molecule has 0 spiro atoms. The molecular formula is C22H18N4O2. The summed E-state index contributed by atoms with van der Waals surface area (Å²) < 4.78 is 11.5. The normalized spacial score (nSPS) is 13.3. The highest BCUT2D eigenvalue weighted by molar-refractivity contribution is 5.91. The number of hydrogen-bond donors (Lipinski definition) is 1. The van der Waals surface area contributed by atoms with Crippen molar-refractivity contribution >= 4 is 17.0 Å². The van der Waals surface area contributed by atoms with Crippen LogP contribution in [0.15, 0.2) is 60.7 Å². The molecule has 0 amide bonds. The van der Waals surface area contributed by atoms with E-state index in [0.29, 0.717) is 24.2 Å². The number of benzene rings is 2. The number of hydrogen-bond acceptors (Lipinski definition) is 6. The number of ether oxygens (including phenoxy) is 2. The molecule has 5 rings (SSSR count). The van der Waals surface area contributed by atoms with Crippen molar-refractivity contribution in [2.24, 2.45) is 0 Å². The Hall–Kier alpha value is -3.67. The number of nitrogens with two attached hydrogens (primary N) is 1. The van der Waals surface area contributed by atoms with Gasteiger partial charge in [0.05, 0.1) is 24.4 Å². The molecule has 4 aromatic rings. The zero-order chi connectivity index (χ0) is 18.9. The van der Waals surface area contributed by atoms with E-state index in [1.165, 1.54) is 0 Å². The third-order valence-electron chi connectivity index (χ3n) is 4.65. The van der Waals surface area contributed by atoms with Crippen molar-refractivity contribution in [2.75, 3.05) is 18.9 Å². The van der Waals surface area contributed by atoms with Crippen molar-refractivity contribution in [3.63, 3.8) is 0 Å². The maximum absolute atomic E-state index is 5.92. The molecule has 0 unspecified atom stereocenters. The average molecular weight is 370 g/mol. The molecule has 1 aliphatic rings. The van der Waals surface area contributed by atoms with Crippen LogP contribution < -0.4 is 15.2 Å². The minimum Gasteiger partial charge on any atom is -0.490 e. The van der Waals surface area contributed by atoms with Crippen LogP contribution in [0, 0.1) is 0 Å². The number of fused-ring (bicyclic) bond motifs is 2. The lowest BCUT2D eigenvalue weighted by atomic mass is 10.1. The number of nitrogens with zero attached hydrogens (tertiary/aromatic N) is 3. The van der Waals surface area contributed by atoms with E-state index in [-0.39, 0.29) is 5.95 Å². The predicted molar refractivity (Wildman–Crippen MR) is 108 cm³/mol. The van der Waals surface area contributed by atoms with E-state index in [9.17, 15) is 0 Å². The number of pyridine rings is 1. The van der Waals surface area contributed by atoms with Gasteiger partial charge >= 0.3 is 0 Å². The van der Waals surface area contributed by atoms with Gasteiger partial charge in [0, 0.05) is 17.5 Å². The summed E-state index contributed by atoms with van der Waals surface area (Å²) in [6, 6.07) is 19.6. The molecule has 0 fully saturated rings. The SMILES string of the molecule is Nc1nc(-c2ccccc2)c2nc(-c3ccc4c(c3)OCCCO4)ccc2n1. The zero-order valence-corrected chi connectivity index (χ0v) is 15.1. The topological polar surface area (TPSA) is 83.2 Å². The predicted octanol–water partition coefficient (Wildman–Crippen LogP) is 4.10. The molecule has 0 atom stereocenters. The van der Waals surface area contributed by atoms with Crippen LogP contribution in [-0.4, -0.2) is 28.2 Å². The maximum Gasteiger partial charge on any atom is 0.221 e. The van der Waals surface area contributed by atoms with Crippen molar-refractivity contribution in [1.82, 2.24) is 15.0 Å². The van der Waals surface area contributed by atoms with Gasteiger partial charge in [0.1, 0.15) is 11.2 Å². The van der Waals surface area contributed by atoms with E-state index in [1.807, 2.05) is 60.7 Å². The van der Waals surface area contributed by atoms with Crippen LogP contribution in [0.4, 0.5) is 5.95 Å². The molecule has 2 N–H and O–H groups in total. The van der Waals surface area contributed by atoms with Gasteiger partial charge in [0.15, 0.2) is 11.5 Å². The first-order valence-corrected chi connectivity index (χ1v) is 9.18. The average Bonchev–Trinajstić information content (AvgIpc) is 2.98. The van der Waals surface area contributed by atoms with Gasteiger partial charge in [0.25, 0.3) is 0 Å². The summed E-state index contributed by atoms with van der Waals surface area (Å²) in [6.45, 7) is 1.31. The third-order valence-corrected chi connectivity index (χ3v) is 4.65. The monoisotopic (exact) mass is 370 g/mol. The van der Waals surface area contributed by atoms with Crippen LogP contribution in [0.3, 0.4) is 0 Å². The molecule has 0 saturated heterocycles. The number of nitrogen functional groups attached to an aromatic ring is 1. The smallest absolute Gasteiger partial charge is 0.221 e. The van der Waals surface area contributed by atoms with Crippen molar-refractivity contribution in [3.8, 4) is 34.0 Å². The van der Waals surface area contributed by atoms with Crippen LogP contribution in [0.2, 0.25) is 0 Å². The van der Waals surface area contributed by atoms with E-state index < -0.39 is 0 Å². The number of anilines is 1. The first kappa shape index (κ1) is 16.5. The Morgan fingerprint density at radius 1 is 0.750 bits per heavy atom. The highest BCUT2D eigenvalue weighted by atomic mass is 16.5. The highest BCUT2D eigenvalue weighted by Gasteiger charge is 2.14. The summed E-state index contributed by atoms with van der Waals surface area (Å²) in [5.41, 5.74) is 10.8. The molecule has 28 heavy (non-hydrogen) atoms. The Labute approximate surface area is 162 Å². The van der Waals surface area contributed by atoms with Crippen LogP contribution in [0.25, 0.3) is 33.5 Å². The Morgan fingerprint density at radius 3 is 2.43 bits per heavy atom. The van der Waals surface area contributed by atoms with Gasteiger partial charge in [-0.05, 0) is 30.3 Å². The molecule has 1 aliphatic heterocycles. The standard InChI is InChI=1S/C22H18N4O2/c23-22-25-17-9-8-16(15-7-10-18-19(13-15)28-12-4-11-27-18)24-21(17)20(26-22)14-5-2-1-3-6-14/h1-3,5-10,13H,4,11-12H2,(H2,23,25,26). The molecule has 0 aliphatic carbocycles. The van der Waals surface area contributed by atoms with Gasteiger partial charge < -0.3 is 15.2 Å². The molecule has 6 nitrogen and oxygen atoms in total. The summed E-state index contributed by atoms with van der Waals surface area (Å²) in [5.74, 6) is 1.74. The largest absolute Gasteiger partial charge is 0.490 e. The van der Waals surface area contributed by atoms with Crippen LogP contribution in [-0.2, 0) is 0 Å². The van der Waals surface area contributed by atoms with Gasteiger partial charge in [-0.2, -0.15) is 0 Å². The van der Waals surface area contributed by atoms with Gasteiger partial charge in [-0.1, -0.05) is 30.3 Å². The molecule has 0 saturated carbocycles. The van der Waals surface area contributed by atoms with Crippen molar-refractivity contribution in [2.45, 2.75) is 6.42 Å². The van der Waals surface area contributed by atoms with Crippen molar-refractivity contribution in [1.29, 1.82) is 0 Å². The van der Waals surface area contributed by atoms with Gasteiger partial charge in [-0.15, -0.1) is 0 Å². The summed E-state index contributed by atoms with van der Waals surface area (Å²) in [4.78, 5) is 13.6. The third kappa shape index (κ3) is 2.99. The van der Waals surface area contributed by atoms with Crippen molar-refractivity contribution in [3.05, 3.63) is 60.7 Å². The second-order valence-electron chi connectivity index (χ2n) is 6.57. The Kier molecular flexibility index (Phi) is 4.01. The van der Waals surface area contributed by atoms with E-state index in [1.54, 1.807) is 0 Å². The van der Waals surface area contributed by atoms with Gasteiger partial charge in [-0.3, -0.25) is 0 Å². The highest BCUT2D eigenvalue weighted by Crippen LogP contribution is 2.35. The number of rotatable bonds is 2. The lowest BCUT2D eigenvalue weighted by Crippen LogP contribution is -2.00. The Balaban J connectivity index is 1.66. The summed E-state index contributed by atoms with van der Waals surface area (Å²) in [6.07, 6.45) is 0.872.